The van der Waals surface area contributed by atoms with Crippen molar-refractivity contribution in [1.82, 2.24) is 18.9 Å². The summed E-state index contributed by atoms with van der Waals surface area (Å²) in [6.45, 7) is 2.09. The number of alkyl halides is 6. The molecule has 0 spiro atoms. The number of morpholine rings is 2. The van der Waals surface area contributed by atoms with Gasteiger partial charge in [0.15, 0.2) is 0 Å². The standard InChI is InChI=1S/2C25H25F4N3O6S/c2*1-35-23-12-19(16-3-2-4-18(11-16)38-25(27,28)29)20(26)13-22(23)32-8-10-36-24-14-31(7-5-21(24)32)39(33,34)15-17-6-9-37-30-17/h2*2-4,6,9,11-13,21,24H,5,7-8,10,14-15H2,1H3/t2*21-,24-/m10/s1. The fourth-order valence-electron chi connectivity index (χ4n) is 10.0. The summed E-state index contributed by atoms with van der Waals surface area (Å²) in [4.78, 5) is 3.87. The van der Waals surface area contributed by atoms with Crippen LogP contribution in [0.3, 0.4) is 0 Å². The van der Waals surface area contributed by atoms with Crippen LogP contribution in [0.1, 0.15) is 24.2 Å². The minimum absolute atomic E-state index is 0.0433. The van der Waals surface area contributed by atoms with Crippen LogP contribution in [0.2, 0.25) is 0 Å². The third-order valence-electron chi connectivity index (χ3n) is 13.4. The number of nitrogens with zero attached hydrogens (tertiary/aromatic N) is 6. The van der Waals surface area contributed by atoms with Gasteiger partial charge in [-0.2, -0.15) is 8.61 Å². The zero-order chi connectivity index (χ0) is 55.6. The molecule has 0 radical (unpaired) electrons. The maximum atomic E-state index is 15.4. The molecular formula is C50H50F8N6O12S2. The van der Waals surface area contributed by atoms with Crippen LogP contribution in [0.25, 0.3) is 22.3 Å². The predicted molar refractivity (Wildman–Crippen MR) is 263 cm³/mol. The molecular weight excluding hydrogens is 1090 g/mol. The summed E-state index contributed by atoms with van der Waals surface area (Å²) in [7, 11) is -4.49. The highest BCUT2D eigenvalue weighted by Crippen LogP contribution is 2.43. The Kier molecular flexibility index (Phi) is 16.5. The highest BCUT2D eigenvalue weighted by atomic mass is 32.2. The van der Waals surface area contributed by atoms with Crippen LogP contribution in [0.4, 0.5) is 46.5 Å². The van der Waals surface area contributed by atoms with Crippen molar-refractivity contribution in [2.75, 3.05) is 76.5 Å². The molecule has 0 bridgehead atoms. The van der Waals surface area contributed by atoms with Crippen molar-refractivity contribution in [3.8, 4) is 45.3 Å². The number of anilines is 2. The summed E-state index contributed by atoms with van der Waals surface area (Å²) in [6, 6.07) is 18.0. The first kappa shape index (κ1) is 56.0. The van der Waals surface area contributed by atoms with Crippen LogP contribution >= 0.6 is 0 Å². The van der Waals surface area contributed by atoms with Gasteiger partial charge in [-0.1, -0.05) is 34.6 Å². The third kappa shape index (κ3) is 13.1. The molecule has 4 atom stereocenters. The molecule has 10 rings (SSSR count). The second-order valence-electron chi connectivity index (χ2n) is 18.3. The van der Waals surface area contributed by atoms with Crippen molar-refractivity contribution < 1.29 is 89.4 Å². The number of aromatic nitrogens is 2. The first-order chi connectivity index (χ1) is 37.1. The molecule has 6 heterocycles. The molecule has 2 aromatic heterocycles. The Morgan fingerprint density at radius 2 is 0.987 bits per heavy atom. The minimum Gasteiger partial charge on any atom is -0.495 e. The van der Waals surface area contributed by atoms with Crippen molar-refractivity contribution >= 4 is 31.4 Å². The molecule has 4 aliphatic rings. The molecule has 0 saturated carbocycles. The SMILES string of the molecule is COc1cc(-c2cccc(OC(F)(F)F)c2)c(F)cc1N1CCO[C@@H]2CN(S(=O)(=O)Cc3ccon3)CC[C@H]21.COc1cc(-c2cccc(OC(F)(F)F)c2)c(F)cc1N1CCO[C@H]2CN(S(=O)(=O)Cc3ccon3)CC[C@@H]21. The summed E-state index contributed by atoms with van der Waals surface area (Å²) in [6.07, 6.45) is -7.23. The molecule has 0 aliphatic carbocycles. The maximum Gasteiger partial charge on any atom is 0.573 e. The monoisotopic (exact) mass is 1140 g/mol. The minimum atomic E-state index is -4.88. The van der Waals surface area contributed by atoms with Gasteiger partial charge in [-0.3, -0.25) is 0 Å². The number of fused-ring (bicyclic) bond motifs is 2. The largest absolute Gasteiger partial charge is 0.573 e. The van der Waals surface area contributed by atoms with E-state index in [9.17, 15) is 43.2 Å². The van der Waals surface area contributed by atoms with E-state index >= 15 is 8.78 Å². The Bertz CT molecular complexity index is 3050. The third-order valence-corrected chi connectivity index (χ3v) is 17.0. The average Bonchev–Trinajstić information content (AvgIpc) is 4.14. The molecule has 4 aliphatic heterocycles. The first-order valence-corrected chi connectivity index (χ1v) is 27.3. The summed E-state index contributed by atoms with van der Waals surface area (Å²) in [5.74, 6) is -2.21. The van der Waals surface area contributed by atoms with E-state index < -0.39 is 68.1 Å². The predicted octanol–water partition coefficient (Wildman–Crippen LogP) is 8.39. The highest BCUT2D eigenvalue weighted by molar-refractivity contribution is 7.88. The molecule has 4 aromatic carbocycles. The number of hydrogen-bond donors (Lipinski definition) is 0. The first-order valence-electron chi connectivity index (χ1n) is 24.1. The smallest absolute Gasteiger partial charge is 0.495 e. The molecule has 4 saturated heterocycles. The number of rotatable bonds is 14. The van der Waals surface area contributed by atoms with Crippen LogP contribution in [0, 0.1) is 11.6 Å². The molecule has 0 N–H and O–H groups in total. The maximum absolute atomic E-state index is 15.4. The normalized spacial score (nSPS) is 20.5. The molecule has 420 valence electrons. The lowest BCUT2D eigenvalue weighted by molar-refractivity contribution is -0.275. The Labute approximate surface area is 441 Å². The Morgan fingerprint density at radius 1 is 0.577 bits per heavy atom. The molecule has 18 nitrogen and oxygen atoms in total. The Balaban J connectivity index is 0.000000190. The van der Waals surface area contributed by atoms with Crippen LogP contribution < -0.4 is 28.7 Å². The fourth-order valence-corrected chi connectivity index (χ4v) is 13.0. The van der Waals surface area contributed by atoms with Gasteiger partial charge >= 0.3 is 12.7 Å². The van der Waals surface area contributed by atoms with Gasteiger partial charge in [0.1, 0.15) is 58.7 Å². The zero-order valence-electron chi connectivity index (χ0n) is 41.5. The Morgan fingerprint density at radius 3 is 1.35 bits per heavy atom. The number of benzene rings is 4. The Hall–Kier alpha value is -6.72. The number of piperidine rings is 2. The van der Waals surface area contributed by atoms with Gasteiger partial charge in [-0.15, -0.1) is 26.3 Å². The van der Waals surface area contributed by atoms with Crippen molar-refractivity contribution in [3.63, 3.8) is 0 Å². The zero-order valence-corrected chi connectivity index (χ0v) is 43.1. The molecule has 6 aromatic rings. The topological polar surface area (TPSA) is 189 Å². The molecule has 4 fully saturated rings. The van der Waals surface area contributed by atoms with Crippen molar-refractivity contribution in [1.29, 1.82) is 0 Å². The van der Waals surface area contributed by atoms with Crippen LogP contribution in [0.5, 0.6) is 23.0 Å². The van der Waals surface area contributed by atoms with Crippen LogP contribution in [-0.2, 0) is 41.0 Å². The van der Waals surface area contributed by atoms with Crippen molar-refractivity contribution in [2.45, 2.75) is 61.4 Å². The van der Waals surface area contributed by atoms with E-state index in [1.807, 2.05) is 9.80 Å². The van der Waals surface area contributed by atoms with E-state index in [1.165, 1.54) is 96.0 Å². The summed E-state index contributed by atoms with van der Waals surface area (Å²) >= 11 is 0. The summed E-state index contributed by atoms with van der Waals surface area (Å²) in [5.41, 5.74) is 1.95. The van der Waals surface area contributed by atoms with E-state index in [0.29, 0.717) is 60.2 Å². The van der Waals surface area contributed by atoms with Crippen molar-refractivity contribution in [2.24, 2.45) is 0 Å². The summed E-state index contributed by atoms with van der Waals surface area (Å²) in [5, 5.41) is 7.36. The van der Waals surface area contributed by atoms with E-state index in [0.717, 1.165) is 24.3 Å². The molecule has 0 unspecified atom stereocenters. The van der Waals surface area contributed by atoms with E-state index in [4.69, 9.17) is 28.0 Å². The van der Waals surface area contributed by atoms with Gasteiger partial charge in [0.25, 0.3) is 0 Å². The lowest BCUT2D eigenvalue weighted by Gasteiger charge is -2.47. The molecule has 28 heteroatoms. The molecule has 0 amide bonds. The van der Waals surface area contributed by atoms with Gasteiger partial charge in [-0.05, 0) is 60.4 Å². The number of halogens is 8. The highest BCUT2D eigenvalue weighted by Gasteiger charge is 2.44. The number of sulfonamides is 2. The van der Waals surface area contributed by atoms with Gasteiger partial charge in [0.05, 0.1) is 74.5 Å². The summed E-state index contributed by atoms with van der Waals surface area (Å²) < 4.78 is 202. The lowest BCUT2D eigenvalue weighted by Crippen LogP contribution is -2.60. The fraction of sp³-hybridized carbons (Fsp3) is 0.400. The van der Waals surface area contributed by atoms with Crippen LogP contribution in [-0.4, -0.2) is 139 Å². The average molecular weight is 1140 g/mol. The van der Waals surface area contributed by atoms with E-state index in [2.05, 4.69) is 19.8 Å². The second kappa shape index (κ2) is 22.9. The quantitative estimate of drug-likeness (QED) is 0.0945. The number of methoxy groups -OCH3 is 2. The van der Waals surface area contributed by atoms with E-state index in [-0.39, 0.29) is 85.2 Å². The number of hydrogen-bond acceptors (Lipinski definition) is 16. The van der Waals surface area contributed by atoms with E-state index in [1.54, 1.807) is 0 Å². The van der Waals surface area contributed by atoms with Crippen LogP contribution in [0.15, 0.2) is 107 Å². The van der Waals surface area contributed by atoms with Gasteiger partial charge in [0, 0.05) is 74.7 Å². The van der Waals surface area contributed by atoms with Gasteiger partial charge < -0.3 is 47.3 Å². The van der Waals surface area contributed by atoms with Crippen molar-refractivity contribution in [3.05, 3.63) is 120 Å². The second-order valence-corrected chi connectivity index (χ2v) is 22.2. The van der Waals surface area contributed by atoms with Gasteiger partial charge in [-0.25, -0.2) is 25.6 Å². The molecule has 78 heavy (non-hydrogen) atoms. The number of ether oxygens (including phenoxy) is 6. The van der Waals surface area contributed by atoms with Gasteiger partial charge in [0.2, 0.25) is 20.0 Å². The lowest BCUT2D eigenvalue weighted by atomic mass is 9.97.